The van der Waals surface area contributed by atoms with E-state index >= 15 is 0 Å². The van der Waals surface area contributed by atoms with Crippen LogP contribution in [-0.2, 0) is 16.0 Å². The molecule has 0 atom stereocenters. The molecule has 2 aromatic rings. The van der Waals surface area contributed by atoms with Gasteiger partial charge in [-0.25, -0.2) is 0 Å². The standard InChI is InChI=1S/C24H25ClN2O2/c1-17-8-10-19(11-9-17)22-23(29)27(24(26-22)14-4-5-15-24)16-20(28)13-12-18-6-2-3-7-21(18)25/h2-3,6-11H,4-5,12-16H2,1H3. The summed E-state index contributed by atoms with van der Waals surface area (Å²) >= 11 is 6.20. The van der Waals surface area contributed by atoms with Gasteiger partial charge in [-0.3, -0.25) is 14.6 Å². The zero-order valence-corrected chi connectivity index (χ0v) is 17.4. The molecule has 150 valence electrons. The third-order valence-electron chi connectivity index (χ3n) is 5.96. The van der Waals surface area contributed by atoms with Crippen molar-refractivity contribution in [2.75, 3.05) is 6.54 Å². The highest BCUT2D eigenvalue weighted by Crippen LogP contribution is 2.41. The molecule has 1 heterocycles. The van der Waals surface area contributed by atoms with Crippen LogP contribution in [0.25, 0.3) is 0 Å². The predicted molar refractivity (Wildman–Crippen MR) is 115 cm³/mol. The molecule has 0 saturated heterocycles. The van der Waals surface area contributed by atoms with Crippen LogP contribution >= 0.6 is 11.6 Å². The normalized spacial score (nSPS) is 17.8. The van der Waals surface area contributed by atoms with Crippen molar-refractivity contribution in [1.82, 2.24) is 4.90 Å². The summed E-state index contributed by atoms with van der Waals surface area (Å²) in [7, 11) is 0. The molecule has 4 nitrogen and oxygen atoms in total. The number of aryl methyl sites for hydroxylation is 2. The van der Waals surface area contributed by atoms with Crippen LogP contribution in [0.3, 0.4) is 0 Å². The Morgan fingerprint density at radius 1 is 1.10 bits per heavy atom. The Hall–Kier alpha value is -2.46. The van der Waals surface area contributed by atoms with Crippen LogP contribution in [-0.4, -0.2) is 34.5 Å². The monoisotopic (exact) mass is 408 g/mol. The van der Waals surface area contributed by atoms with Crippen molar-refractivity contribution in [3.8, 4) is 0 Å². The van der Waals surface area contributed by atoms with Crippen molar-refractivity contribution >= 4 is 29.0 Å². The first kappa shape index (κ1) is 19.8. The lowest BCUT2D eigenvalue weighted by molar-refractivity contribution is -0.133. The minimum absolute atomic E-state index is 0.0462. The van der Waals surface area contributed by atoms with Gasteiger partial charge in [0, 0.05) is 17.0 Å². The first-order valence-electron chi connectivity index (χ1n) is 10.2. The summed E-state index contributed by atoms with van der Waals surface area (Å²) in [5.41, 5.74) is 2.88. The first-order chi connectivity index (χ1) is 14.0. The van der Waals surface area contributed by atoms with E-state index in [0.29, 0.717) is 23.6 Å². The molecule has 29 heavy (non-hydrogen) atoms. The molecule has 0 bridgehead atoms. The van der Waals surface area contributed by atoms with Gasteiger partial charge in [-0.15, -0.1) is 0 Å². The number of amides is 1. The second-order valence-corrected chi connectivity index (χ2v) is 8.44. The summed E-state index contributed by atoms with van der Waals surface area (Å²) < 4.78 is 0. The lowest BCUT2D eigenvalue weighted by atomic mass is 10.0. The molecule has 2 aliphatic rings. The third-order valence-corrected chi connectivity index (χ3v) is 6.33. The number of rotatable bonds is 6. The Morgan fingerprint density at radius 3 is 2.48 bits per heavy atom. The van der Waals surface area contributed by atoms with E-state index in [1.165, 1.54) is 0 Å². The van der Waals surface area contributed by atoms with Crippen molar-refractivity contribution in [3.63, 3.8) is 0 Å². The molecule has 1 amide bonds. The van der Waals surface area contributed by atoms with Gasteiger partial charge in [-0.05, 0) is 50.7 Å². The maximum absolute atomic E-state index is 13.2. The highest BCUT2D eigenvalue weighted by atomic mass is 35.5. The van der Waals surface area contributed by atoms with Gasteiger partial charge in [0.2, 0.25) is 0 Å². The number of Topliss-reactive ketones (excluding diaryl/α,β-unsaturated/α-hetero) is 1. The number of nitrogens with zero attached hydrogens (tertiary/aromatic N) is 2. The molecular formula is C24H25ClN2O2. The van der Waals surface area contributed by atoms with Gasteiger partial charge in [0.1, 0.15) is 11.4 Å². The Bertz CT molecular complexity index is 959. The molecule has 1 aliphatic carbocycles. The van der Waals surface area contributed by atoms with Crippen LogP contribution in [0.1, 0.15) is 48.8 Å². The molecule has 0 radical (unpaired) electrons. The van der Waals surface area contributed by atoms with Crippen molar-refractivity contribution in [2.24, 2.45) is 4.99 Å². The number of aliphatic imine (C=N–C) groups is 1. The quantitative estimate of drug-likeness (QED) is 0.692. The minimum Gasteiger partial charge on any atom is -0.305 e. The molecule has 1 fully saturated rings. The van der Waals surface area contributed by atoms with Gasteiger partial charge in [-0.2, -0.15) is 0 Å². The zero-order valence-electron chi connectivity index (χ0n) is 16.7. The Labute approximate surface area is 176 Å². The van der Waals surface area contributed by atoms with Crippen LogP contribution < -0.4 is 0 Å². The Balaban J connectivity index is 1.50. The molecule has 1 aliphatic heterocycles. The van der Waals surface area contributed by atoms with E-state index in [1.807, 2.05) is 55.5 Å². The number of benzene rings is 2. The Morgan fingerprint density at radius 2 is 1.79 bits per heavy atom. The maximum Gasteiger partial charge on any atom is 0.275 e. The molecule has 0 aromatic heterocycles. The SMILES string of the molecule is Cc1ccc(C2=NC3(CCCC3)N(CC(=O)CCc3ccccc3Cl)C2=O)cc1. The van der Waals surface area contributed by atoms with Crippen LogP contribution in [0, 0.1) is 6.92 Å². The van der Waals surface area contributed by atoms with E-state index in [9.17, 15) is 9.59 Å². The van der Waals surface area contributed by atoms with E-state index in [-0.39, 0.29) is 18.2 Å². The van der Waals surface area contributed by atoms with Crippen LogP contribution in [0.4, 0.5) is 0 Å². The summed E-state index contributed by atoms with van der Waals surface area (Å²) in [6.07, 6.45) is 4.66. The lowest BCUT2D eigenvalue weighted by Crippen LogP contribution is -2.47. The average molecular weight is 409 g/mol. The van der Waals surface area contributed by atoms with Crippen LogP contribution in [0.5, 0.6) is 0 Å². The van der Waals surface area contributed by atoms with Gasteiger partial charge < -0.3 is 4.90 Å². The number of carbonyl (C=O) groups is 2. The second-order valence-electron chi connectivity index (χ2n) is 8.04. The van der Waals surface area contributed by atoms with E-state index in [4.69, 9.17) is 16.6 Å². The summed E-state index contributed by atoms with van der Waals surface area (Å²) in [4.78, 5) is 32.6. The van der Waals surface area contributed by atoms with E-state index in [0.717, 1.165) is 42.4 Å². The highest BCUT2D eigenvalue weighted by molar-refractivity contribution is 6.47. The van der Waals surface area contributed by atoms with Crippen LogP contribution in [0.15, 0.2) is 53.5 Å². The van der Waals surface area contributed by atoms with E-state index in [1.54, 1.807) is 4.90 Å². The smallest absolute Gasteiger partial charge is 0.275 e. The molecule has 1 spiro atoms. The molecule has 5 heteroatoms. The average Bonchev–Trinajstić information content (AvgIpc) is 3.29. The lowest BCUT2D eigenvalue weighted by Gasteiger charge is -2.32. The molecule has 0 unspecified atom stereocenters. The molecule has 1 saturated carbocycles. The number of hydrogen-bond acceptors (Lipinski definition) is 3. The van der Waals surface area contributed by atoms with Crippen LogP contribution in [0.2, 0.25) is 5.02 Å². The van der Waals surface area contributed by atoms with Crippen molar-refractivity contribution in [2.45, 2.75) is 51.1 Å². The largest absolute Gasteiger partial charge is 0.305 e. The number of hydrogen-bond donors (Lipinski definition) is 0. The summed E-state index contributed by atoms with van der Waals surface area (Å²) in [6.45, 7) is 2.13. The summed E-state index contributed by atoms with van der Waals surface area (Å²) in [5.74, 6) is -0.0771. The number of carbonyl (C=O) groups excluding carboxylic acids is 2. The van der Waals surface area contributed by atoms with Crippen molar-refractivity contribution < 1.29 is 9.59 Å². The third kappa shape index (κ3) is 3.99. The molecule has 2 aromatic carbocycles. The second kappa shape index (κ2) is 8.11. The van der Waals surface area contributed by atoms with Crippen molar-refractivity contribution in [3.05, 3.63) is 70.2 Å². The number of ketones is 1. The predicted octanol–water partition coefficient (Wildman–Crippen LogP) is 4.75. The van der Waals surface area contributed by atoms with Gasteiger partial charge in [0.15, 0.2) is 5.78 Å². The maximum atomic E-state index is 13.2. The van der Waals surface area contributed by atoms with Gasteiger partial charge >= 0.3 is 0 Å². The Kier molecular flexibility index (Phi) is 5.55. The zero-order chi connectivity index (χ0) is 20.4. The van der Waals surface area contributed by atoms with Gasteiger partial charge in [0.05, 0.1) is 6.54 Å². The summed E-state index contributed by atoms with van der Waals surface area (Å²) in [6, 6.07) is 15.4. The minimum atomic E-state index is -0.544. The first-order valence-corrected chi connectivity index (χ1v) is 10.6. The van der Waals surface area contributed by atoms with E-state index in [2.05, 4.69) is 0 Å². The molecular weight excluding hydrogens is 384 g/mol. The number of halogens is 1. The summed E-state index contributed by atoms with van der Waals surface area (Å²) in [5, 5.41) is 0.676. The fourth-order valence-corrected chi connectivity index (χ4v) is 4.54. The van der Waals surface area contributed by atoms with E-state index < -0.39 is 5.66 Å². The highest BCUT2D eigenvalue weighted by Gasteiger charge is 2.49. The van der Waals surface area contributed by atoms with Gasteiger partial charge in [-0.1, -0.05) is 59.6 Å². The molecule has 0 N–H and O–H groups in total. The van der Waals surface area contributed by atoms with Crippen molar-refractivity contribution in [1.29, 1.82) is 0 Å². The van der Waals surface area contributed by atoms with Gasteiger partial charge in [0.25, 0.3) is 5.91 Å². The topological polar surface area (TPSA) is 49.7 Å². The molecule has 4 rings (SSSR count). The fourth-order valence-electron chi connectivity index (χ4n) is 4.31. The fraction of sp³-hybridized carbons (Fsp3) is 0.375.